The Bertz CT molecular complexity index is 1490. The van der Waals surface area contributed by atoms with E-state index in [2.05, 4.69) is 15.2 Å². The first-order valence-electron chi connectivity index (χ1n) is 13.8. The van der Waals surface area contributed by atoms with Gasteiger partial charge in [0.1, 0.15) is 5.82 Å². The van der Waals surface area contributed by atoms with Crippen LogP contribution in [0.25, 0.3) is 10.9 Å². The molecule has 2 N–H and O–H groups in total. The molecule has 5 rings (SSSR count). The number of likely N-dealkylation sites (tertiary alicyclic amines) is 1. The van der Waals surface area contributed by atoms with Gasteiger partial charge in [-0.2, -0.15) is 13.2 Å². The molecular formula is C31H33F4N3O3. The van der Waals surface area contributed by atoms with Gasteiger partial charge in [0, 0.05) is 48.1 Å². The Morgan fingerprint density at radius 2 is 1.85 bits per heavy atom. The number of fused-ring (bicyclic) bond motifs is 1. The van der Waals surface area contributed by atoms with Crippen LogP contribution in [-0.4, -0.2) is 39.9 Å². The molecule has 6 nitrogen and oxygen atoms in total. The van der Waals surface area contributed by atoms with E-state index in [1.54, 1.807) is 18.2 Å². The van der Waals surface area contributed by atoms with Crippen molar-refractivity contribution in [1.82, 2.24) is 15.2 Å². The zero-order chi connectivity index (χ0) is 29.7. The Labute approximate surface area is 235 Å². The standard InChI is InChI=1S/C31H33F4N3O3/c1-4-25(18-5-7-20(8-6-18)31(33,34)35)38-14-13-30(41,29(2,3)17-38)23-10-11-24-22(27(23)32)15-19(16-36-24)21-9-12-26(39)37-28(21)40/h5-8,10-11,15-16,21,25,41H,4,9,12-14,17H2,1-3H3,(H,37,39,40). The van der Waals surface area contributed by atoms with Gasteiger partial charge in [0.05, 0.1) is 22.6 Å². The molecule has 2 amide bonds. The van der Waals surface area contributed by atoms with Gasteiger partial charge in [-0.15, -0.1) is 0 Å². The third-order valence-electron chi connectivity index (χ3n) is 8.84. The van der Waals surface area contributed by atoms with Crippen LogP contribution >= 0.6 is 0 Å². The first kappa shape index (κ1) is 29.1. The maximum absolute atomic E-state index is 16.2. The lowest BCUT2D eigenvalue weighted by Crippen LogP contribution is -2.56. The van der Waals surface area contributed by atoms with Crippen molar-refractivity contribution in [3.8, 4) is 0 Å². The van der Waals surface area contributed by atoms with E-state index >= 15 is 4.39 Å². The maximum atomic E-state index is 16.2. The van der Waals surface area contributed by atoms with Gasteiger partial charge in [-0.1, -0.05) is 39.0 Å². The summed E-state index contributed by atoms with van der Waals surface area (Å²) >= 11 is 0. The molecular weight excluding hydrogens is 538 g/mol. The highest BCUT2D eigenvalue weighted by Crippen LogP contribution is 2.49. The lowest BCUT2D eigenvalue weighted by Gasteiger charge is -2.52. The van der Waals surface area contributed by atoms with Crippen LogP contribution in [0, 0.1) is 11.2 Å². The highest BCUT2D eigenvalue weighted by molar-refractivity contribution is 6.01. The fourth-order valence-electron chi connectivity index (χ4n) is 6.43. The van der Waals surface area contributed by atoms with Crippen molar-refractivity contribution in [2.75, 3.05) is 13.1 Å². The second-order valence-corrected chi connectivity index (χ2v) is 11.8. The van der Waals surface area contributed by atoms with Crippen molar-refractivity contribution >= 4 is 22.7 Å². The van der Waals surface area contributed by atoms with Crippen molar-refractivity contribution in [2.24, 2.45) is 5.41 Å². The number of hydrogen-bond donors (Lipinski definition) is 2. The Morgan fingerprint density at radius 1 is 1.15 bits per heavy atom. The van der Waals surface area contributed by atoms with Crippen LogP contribution < -0.4 is 5.32 Å². The highest BCUT2D eigenvalue weighted by atomic mass is 19.4. The van der Waals surface area contributed by atoms with E-state index in [0.29, 0.717) is 37.0 Å². The summed E-state index contributed by atoms with van der Waals surface area (Å²) in [5.74, 6) is -2.01. The second kappa shape index (κ2) is 10.5. The van der Waals surface area contributed by atoms with Gasteiger partial charge in [0.25, 0.3) is 0 Å². The number of amides is 2. The van der Waals surface area contributed by atoms with Gasteiger partial charge in [-0.05, 0) is 54.7 Å². The van der Waals surface area contributed by atoms with Gasteiger partial charge in [-0.25, -0.2) is 4.39 Å². The van der Waals surface area contributed by atoms with Crippen LogP contribution in [0.15, 0.2) is 48.7 Å². The second-order valence-electron chi connectivity index (χ2n) is 11.8. The fraction of sp³-hybridized carbons (Fsp3) is 0.452. The average molecular weight is 572 g/mol. The van der Waals surface area contributed by atoms with Gasteiger partial charge < -0.3 is 5.11 Å². The Balaban J connectivity index is 1.44. The maximum Gasteiger partial charge on any atom is 0.416 e. The molecule has 0 saturated carbocycles. The molecule has 2 aromatic carbocycles. The van der Waals surface area contributed by atoms with E-state index in [4.69, 9.17) is 0 Å². The number of carbonyl (C=O) groups is 2. The molecule has 0 radical (unpaired) electrons. The summed E-state index contributed by atoms with van der Waals surface area (Å²) < 4.78 is 55.5. The summed E-state index contributed by atoms with van der Waals surface area (Å²) in [4.78, 5) is 30.5. The lowest BCUT2D eigenvalue weighted by molar-refractivity contribution is -0.138. The predicted molar refractivity (Wildman–Crippen MR) is 145 cm³/mol. The van der Waals surface area contributed by atoms with Crippen molar-refractivity contribution in [1.29, 1.82) is 0 Å². The Hall–Kier alpha value is -3.37. The number of nitrogens with one attached hydrogen (secondary N) is 1. The van der Waals surface area contributed by atoms with Gasteiger partial charge in [-0.3, -0.25) is 24.8 Å². The number of nitrogens with zero attached hydrogens (tertiary/aromatic N) is 2. The number of piperidine rings is 2. The first-order chi connectivity index (χ1) is 19.2. The van der Waals surface area contributed by atoms with E-state index in [0.717, 1.165) is 17.7 Å². The van der Waals surface area contributed by atoms with E-state index < -0.39 is 40.4 Å². The number of pyridine rings is 1. The van der Waals surface area contributed by atoms with Crippen molar-refractivity contribution in [3.05, 3.63) is 76.7 Å². The van der Waals surface area contributed by atoms with Crippen LogP contribution in [0.3, 0.4) is 0 Å². The summed E-state index contributed by atoms with van der Waals surface area (Å²) in [6.45, 7) is 6.48. The van der Waals surface area contributed by atoms with Gasteiger partial charge in [0.15, 0.2) is 0 Å². The van der Waals surface area contributed by atoms with Gasteiger partial charge >= 0.3 is 6.18 Å². The minimum atomic E-state index is -4.41. The molecule has 2 aliphatic rings. The molecule has 3 atom stereocenters. The number of benzene rings is 2. The number of carbonyl (C=O) groups excluding carboxylic acids is 2. The minimum Gasteiger partial charge on any atom is -0.384 e. The summed E-state index contributed by atoms with van der Waals surface area (Å²) in [5.41, 5.74) is -1.29. The van der Waals surface area contributed by atoms with Crippen LogP contribution in [0.1, 0.15) is 80.7 Å². The molecule has 10 heteroatoms. The van der Waals surface area contributed by atoms with E-state index in [-0.39, 0.29) is 35.7 Å². The number of alkyl halides is 3. The number of aliphatic hydroxyl groups is 1. The van der Waals surface area contributed by atoms with Gasteiger partial charge in [0.2, 0.25) is 11.8 Å². The number of hydrogen-bond acceptors (Lipinski definition) is 5. The third kappa shape index (κ3) is 5.23. The monoisotopic (exact) mass is 571 g/mol. The zero-order valence-corrected chi connectivity index (χ0v) is 23.2. The summed E-state index contributed by atoms with van der Waals surface area (Å²) in [7, 11) is 0. The Morgan fingerprint density at radius 3 is 2.46 bits per heavy atom. The fourth-order valence-corrected chi connectivity index (χ4v) is 6.43. The van der Waals surface area contributed by atoms with Crippen molar-refractivity contribution in [3.63, 3.8) is 0 Å². The quantitative estimate of drug-likeness (QED) is 0.291. The normalized spacial score (nSPS) is 24.3. The zero-order valence-electron chi connectivity index (χ0n) is 23.2. The topological polar surface area (TPSA) is 82.5 Å². The van der Waals surface area contributed by atoms with Crippen molar-refractivity contribution < 1.29 is 32.3 Å². The molecule has 3 aromatic rings. The van der Waals surface area contributed by atoms with E-state index in [1.165, 1.54) is 18.3 Å². The van der Waals surface area contributed by atoms with Crippen LogP contribution in [-0.2, 0) is 21.4 Å². The molecule has 3 heterocycles. The van der Waals surface area contributed by atoms with Crippen LogP contribution in [0.2, 0.25) is 0 Å². The number of halogens is 4. The summed E-state index contributed by atoms with van der Waals surface area (Å²) in [5, 5.41) is 14.6. The highest BCUT2D eigenvalue weighted by Gasteiger charge is 2.51. The first-order valence-corrected chi connectivity index (χ1v) is 13.8. The number of rotatable bonds is 5. The molecule has 0 aliphatic carbocycles. The molecule has 3 unspecified atom stereocenters. The molecule has 41 heavy (non-hydrogen) atoms. The average Bonchev–Trinajstić information content (AvgIpc) is 2.91. The molecule has 2 aliphatic heterocycles. The summed E-state index contributed by atoms with van der Waals surface area (Å²) in [6, 6.07) is 9.80. The minimum absolute atomic E-state index is 0.138. The molecule has 218 valence electrons. The van der Waals surface area contributed by atoms with Crippen LogP contribution in [0.5, 0.6) is 0 Å². The SMILES string of the molecule is CCC(c1ccc(C(F)(F)F)cc1)N1CCC(O)(c2ccc3ncc(C4CCC(=O)NC4=O)cc3c2F)C(C)(C)C1. The Kier molecular flexibility index (Phi) is 7.44. The van der Waals surface area contributed by atoms with Crippen molar-refractivity contribution in [2.45, 2.75) is 70.2 Å². The van der Waals surface area contributed by atoms with E-state index in [9.17, 15) is 27.9 Å². The number of aromatic nitrogens is 1. The predicted octanol–water partition coefficient (Wildman–Crippen LogP) is 5.98. The smallest absolute Gasteiger partial charge is 0.384 e. The largest absolute Gasteiger partial charge is 0.416 e. The molecule has 0 bridgehead atoms. The number of imide groups is 1. The molecule has 2 fully saturated rings. The molecule has 1 aromatic heterocycles. The summed E-state index contributed by atoms with van der Waals surface area (Å²) in [6.07, 6.45) is -1.54. The van der Waals surface area contributed by atoms with E-state index in [1.807, 2.05) is 20.8 Å². The van der Waals surface area contributed by atoms with Crippen LogP contribution in [0.4, 0.5) is 17.6 Å². The third-order valence-corrected chi connectivity index (χ3v) is 8.84. The molecule has 2 saturated heterocycles. The molecule has 0 spiro atoms. The lowest BCUT2D eigenvalue weighted by atomic mass is 9.66.